The van der Waals surface area contributed by atoms with Crippen molar-refractivity contribution in [1.29, 1.82) is 0 Å². The molecule has 0 unspecified atom stereocenters. The van der Waals surface area contributed by atoms with Crippen LogP contribution in [0.1, 0.15) is 12.0 Å². The van der Waals surface area contributed by atoms with Crippen LogP contribution in [0.15, 0.2) is 42.5 Å². The number of hydrogen-bond acceptors (Lipinski definition) is 3. The molecule has 3 atom stereocenters. The van der Waals surface area contributed by atoms with Gasteiger partial charge in [-0.1, -0.05) is 42.5 Å². The van der Waals surface area contributed by atoms with Crippen molar-refractivity contribution in [2.75, 3.05) is 6.54 Å². The minimum atomic E-state index is -0.334. The van der Waals surface area contributed by atoms with Crippen molar-refractivity contribution in [2.24, 2.45) is 11.8 Å². The molecule has 1 fully saturated rings. The first kappa shape index (κ1) is 12.9. The fourth-order valence-electron chi connectivity index (χ4n) is 2.96. The standard InChI is InChI=1S/C16H17NO3/c18-10-14-8-13-6-7-15(14)17(9-13)16(19)20-11-12-4-2-1-3-5-12/h1-7,10,13-15H,8-9,11H2/t13-,14-,15-/m1/s1. The van der Waals surface area contributed by atoms with Crippen LogP contribution in [0.4, 0.5) is 4.79 Å². The maximum Gasteiger partial charge on any atom is 0.410 e. The molecular weight excluding hydrogens is 254 g/mol. The quantitative estimate of drug-likeness (QED) is 0.626. The van der Waals surface area contributed by atoms with Crippen LogP contribution >= 0.6 is 0 Å². The summed E-state index contributed by atoms with van der Waals surface area (Å²) in [5.41, 5.74) is 0.963. The summed E-state index contributed by atoms with van der Waals surface area (Å²) in [5.74, 6) is 0.183. The Bertz CT molecular complexity index is 526. The second kappa shape index (κ2) is 5.49. The molecule has 1 aliphatic carbocycles. The topological polar surface area (TPSA) is 46.6 Å². The van der Waals surface area contributed by atoms with Crippen LogP contribution in [0.2, 0.25) is 0 Å². The van der Waals surface area contributed by atoms with Crippen molar-refractivity contribution < 1.29 is 14.3 Å². The molecule has 1 amide bonds. The molecule has 4 nitrogen and oxygen atoms in total. The maximum absolute atomic E-state index is 12.2. The number of aldehydes is 1. The number of carbonyl (C=O) groups excluding carboxylic acids is 2. The number of fused-ring (bicyclic) bond motifs is 2. The summed E-state index contributed by atoms with van der Waals surface area (Å²) >= 11 is 0. The second-order valence-corrected chi connectivity index (χ2v) is 5.36. The van der Waals surface area contributed by atoms with E-state index in [1.165, 1.54) is 0 Å². The van der Waals surface area contributed by atoms with E-state index in [0.29, 0.717) is 6.54 Å². The number of carbonyl (C=O) groups is 2. The first-order valence-corrected chi connectivity index (χ1v) is 6.89. The van der Waals surface area contributed by atoms with Crippen LogP contribution in [0, 0.1) is 11.8 Å². The van der Waals surface area contributed by atoms with Gasteiger partial charge in [0.15, 0.2) is 0 Å². The molecule has 2 bridgehead atoms. The Labute approximate surface area is 118 Å². The molecule has 0 saturated carbocycles. The highest BCUT2D eigenvalue weighted by Crippen LogP contribution is 2.33. The number of piperidine rings is 1. The zero-order valence-electron chi connectivity index (χ0n) is 11.1. The molecule has 1 aromatic rings. The summed E-state index contributed by atoms with van der Waals surface area (Å²) in [6, 6.07) is 9.46. The van der Waals surface area contributed by atoms with Gasteiger partial charge in [-0.2, -0.15) is 0 Å². The predicted octanol–water partition coefficient (Wildman–Crippen LogP) is 2.40. The van der Waals surface area contributed by atoms with E-state index in [4.69, 9.17) is 4.74 Å². The average Bonchev–Trinajstić information content (AvgIpc) is 2.53. The van der Waals surface area contributed by atoms with Gasteiger partial charge in [-0.05, 0) is 17.9 Å². The first-order valence-electron chi connectivity index (χ1n) is 6.89. The highest BCUT2D eigenvalue weighted by atomic mass is 16.6. The van der Waals surface area contributed by atoms with Crippen LogP contribution in [0.5, 0.6) is 0 Å². The highest BCUT2D eigenvalue weighted by molar-refractivity contribution is 5.71. The molecule has 104 valence electrons. The van der Waals surface area contributed by atoms with E-state index in [1.807, 2.05) is 36.4 Å². The molecule has 1 saturated heterocycles. The van der Waals surface area contributed by atoms with E-state index in [2.05, 4.69) is 6.08 Å². The molecule has 4 rings (SSSR count). The van der Waals surface area contributed by atoms with Crippen LogP contribution in [-0.2, 0) is 16.1 Å². The molecule has 3 aliphatic rings. The van der Waals surface area contributed by atoms with Crippen LogP contribution in [0.3, 0.4) is 0 Å². The van der Waals surface area contributed by atoms with E-state index < -0.39 is 0 Å². The normalized spacial score (nSPS) is 27.4. The van der Waals surface area contributed by atoms with Crippen molar-refractivity contribution in [3.63, 3.8) is 0 Å². The number of benzene rings is 1. The minimum Gasteiger partial charge on any atom is -0.445 e. The van der Waals surface area contributed by atoms with Crippen molar-refractivity contribution in [2.45, 2.75) is 19.1 Å². The summed E-state index contributed by atoms with van der Waals surface area (Å²) in [7, 11) is 0. The van der Waals surface area contributed by atoms with E-state index in [1.54, 1.807) is 4.90 Å². The Kier molecular flexibility index (Phi) is 3.54. The fraction of sp³-hybridized carbons (Fsp3) is 0.375. The van der Waals surface area contributed by atoms with Gasteiger partial charge in [-0.25, -0.2) is 4.79 Å². The lowest BCUT2D eigenvalue weighted by Gasteiger charge is -2.43. The molecule has 1 aromatic carbocycles. The van der Waals surface area contributed by atoms with Gasteiger partial charge >= 0.3 is 6.09 Å². The zero-order valence-corrected chi connectivity index (χ0v) is 11.1. The van der Waals surface area contributed by atoms with Crippen molar-refractivity contribution in [1.82, 2.24) is 4.90 Å². The number of rotatable bonds is 3. The van der Waals surface area contributed by atoms with Crippen molar-refractivity contribution in [3.05, 3.63) is 48.0 Å². The third-order valence-electron chi connectivity index (χ3n) is 4.00. The third-order valence-corrected chi connectivity index (χ3v) is 4.00. The highest BCUT2D eigenvalue weighted by Gasteiger charge is 2.40. The van der Waals surface area contributed by atoms with Gasteiger partial charge in [0.2, 0.25) is 0 Å². The summed E-state index contributed by atoms with van der Waals surface area (Å²) < 4.78 is 5.35. The van der Waals surface area contributed by atoms with Crippen LogP contribution < -0.4 is 0 Å². The molecule has 4 heteroatoms. The monoisotopic (exact) mass is 271 g/mol. The van der Waals surface area contributed by atoms with Gasteiger partial charge in [0.05, 0.1) is 6.04 Å². The Balaban J connectivity index is 1.63. The lowest BCUT2D eigenvalue weighted by atomic mass is 9.78. The van der Waals surface area contributed by atoms with Crippen LogP contribution in [0.25, 0.3) is 0 Å². The fourth-order valence-corrected chi connectivity index (χ4v) is 2.96. The summed E-state index contributed by atoms with van der Waals surface area (Å²) in [4.78, 5) is 24.9. The van der Waals surface area contributed by atoms with E-state index in [-0.39, 0.29) is 30.6 Å². The number of amides is 1. The van der Waals surface area contributed by atoms with Crippen molar-refractivity contribution in [3.8, 4) is 0 Å². The number of hydrogen-bond donors (Lipinski definition) is 0. The summed E-state index contributed by atoms with van der Waals surface area (Å²) in [6.07, 6.45) is 5.52. The largest absolute Gasteiger partial charge is 0.445 e. The molecule has 2 aliphatic heterocycles. The second-order valence-electron chi connectivity index (χ2n) is 5.36. The Morgan fingerprint density at radius 2 is 2.10 bits per heavy atom. The zero-order chi connectivity index (χ0) is 13.9. The lowest BCUT2D eigenvalue weighted by Crippen LogP contribution is -2.53. The van der Waals surface area contributed by atoms with E-state index in [0.717, 1.165) is 18.3 Å². The Hall–Kier alpha value is -2.10. The van der Waals surface area contributed by atoms with Gasteiger partial charge in [0, 0.05) is 12.5 Å². The van der Waals surface area contributed by atoms with E-state index >= 15 is 0 Å². The first-order chi connectivity index (χ1) is 9.78. The molecule has 20 heavy (non-hydrogen) atoms. The van der Waals surface area contributed by atoms with E-state index in [9.17, 15) is 9.59 Å². The van der Waals surface area contributed by atoms with Gasteiger partial charge in [-0.15, -0.1) is 0 Å². The van der Waals surface area contributed by atoms with Gasteiger partial charge < -0.3 is 14.4 Å². The molecule has 0 radical (unpaired) electrons. The van der Waals surface area contributed by atoms with Gasteiger partial charge in [0.1, 0.15) is 12.9 Å². The molecule has 2 heterocycles. The molecule has 0 N–H and O–H groups in total. The maximum atomic E-state index is 12.2. The lowest BCUT2D eigenvalue weighted by molar-refractivity contribution is -0.114. The SMILES string of the molecule is O=C[C@H]1C[C@H]2C=C[C@H]1N(C(=O)OCc1ccccc1)C2. The smallest absolute Gasteiger partial charge is 0.410 e. The van der Waals surface area contributed by atoms with Gasteiger partial charge in [-0.3, -0.25) is 0 Å². The molecule has 0 aromatic heterocycles. The third kappa shape index (κ3) is 2.46. The summed E-state index contributed by atoms with van der Waals surface area (Å²) in [5, 5.41) is 0. The average molecular weight is 271 g/mol. The number of ether oxygens (including phenoxy) is 1. The Morgan fingerprint density at radius 1 is 1.30 bits per heavy atom. The predicted molar refractivity (Wildman–Crippen MR) is 73.9 cm³/mol. The molecular formula is C16H17NO3. The van der Waals surface area contributed by atoms with Crippen LogP contribution in [-0.4, -0.2) is 29.9 Å². The van der Waals surface area contributed by atoms with Gasteiger partial charge in [0.25, 0.3) is 0 Å². The summed E-state index contributed by atoms with van der Waals surface area (Å²) in [6.45, 7) is 0.919. The number of nitrogens with zero attached hydrogens (tertiary/aromatic N) is 1. The minimum absolute atomic E-state index is 0.0944. The molecule has 0 spiro atoms. The van der Waals surface area contributed by atoms with Crippen molar-refractivity contribution >= 4 is 12.4 Å². The Morgan fingerprint density at radius 3 is 2.80 bits per heavy atom.